The molecule has 1 fully saturated rings. The summed E-state index contributed by atoms with van der Waals surface area (Å²) >= 11 is 0. The van der Waals surface area contributed by atoms with Crippen LogP contribution in [0.4, 0.5) is 4.79 Å². The quantitative estimate of drug-likeness (QED) is 0.530. The Morgan fingerprint density at radius 3 is 2.64 bits per heavy atom. The van der Waals surface area contributed by atoms with Crippen LogP contribution in [-0.2, 0) is 16.2 Å². The lowest BCUT2D eigenvalue weighted by atomic mass is 9.96. The molecule has 25 heavy (non-hydrogen) atoms. The summed E-state index contributed by atoms with van der Waals surface area (Å²) in [4.78, 5) is 28.8. The Morgan fingerprint density at radius 2 is 2.04 bits per heavy atom. The van der Waals surface area contributed by atoms with Crippen molar-refractivity contribution in [3.05, 3.63) is 29.8 Å². The summed E-state index contributed by atoms with van der Waals surface area (Å²) in [7, 11) is 0. The number of nitrogens with two attached hydrogens (primary N) is 1. The fourth-order valence-electron chi connectivity index (χ4n) is 2.44. The Balaban J connectivity index is 1.91. The van der Waals surface area contributed by atoms with E-state index in [-0.39, 0.29) is 18.9 Å². The molecule has 0 unspecified atom stereocenters. The van der Waals surface area contributed by atoms with Gasteiger partial charge in [-0.3, -0.25) is 4.90 Å². The first-order chi connectivity index (χ1) is 11.8. The van der Waals surface area contributed by atoms with Crippen LogP contribution >= 0.6 is 0 Å². The predicted octanol–water partition coefficient (Wildman–Crippen LogP) is 0.906. The molecule has 0 bridgehead atoms. The molecule has 1 heterocycles. The van der Waals surface area contributed by atoms with Crippen molar-refractivity contribution in [1.29, 1.82) is 0 Å². The second-order valence-electron chi connectivity index (χ2n) is 5.78. The average molecular weight is 351 g/mol. The molecule has 0 radical (unpaired) electrons. The van der Waals surface area contributed by atoms with E-state index in [0.29, 0.717) is 25.1 Å². The predicted molar refractivity (Wildman–Crippen MR) is 87.9 cm³/mol. The molecule has 0 aliphatic carbocycles. The van der Waals surface area contributed by atoms with E-state index in [4.69, 9.17) is 25.5 Å². The maximum absolute atomic E-state index is 11.7. The lowest BCUT2D eigenvalue weighted by molar-refractivity contribution is -0.146. The Hall–Kier alpha value is -2.65. The van der Waals surface area contributed by atoms with Crippen molar-refractivity contribution in [2.75, 3.05) is 13.2 Å². The van der Waals surface area contributed by atoms with Gasteiger partial charge in [0.1, 0.15) is 11.4 Å². The molecule has 0 saturated carbocycles. The lowest BCUT2D eigenvalue weighted by Gasteiger charge is -2.40. The third kappa shape index (κ3) is 4.68. The van der Waals surface area contributed by atoms with Gasteiger partial charge in [0.15, 0.2) is 6.61 Å². The van der Waals surface area contributed by atoms with Crippen LogP contribution in [0.3, 0.4) is 0 Å². The molecule has 1 aromatic carbocycles. The van der Waals surface area contributed by atoms with E-state index in [0.717, 1.165) is 10.5 Å². The fraction of sp³-hybridized carbons (Fsp3) is 0.438. The molecule has 0 spiro atoms. The van der Waals surface area contributed by atoms with E-state index in [1.807, 2.05) is 0 Å². The maximum Gasteiger partial charge on any atom is 0.409 e. The molecule has 1 atom stereocenters. The molecule has 4 N–H and O–H groups in total. The largest absolute Gasteiger partial charge is 0.482 e. The number of aliphatic hydroxyl groups excluding tert-OH is 1. The van der Waals surface area contributed by atoms with Gasteiger partial charge in [-0.15, -0.1) is 0 Å². The zero-order valence-electron chi connectivity index (χ0n) is 13.8. The highest BCUT2D eigenvalue weighted by atomic mass is 16.7. The van der Waals surface area contributed by atoms with Crippen molar-refractivity contribution in [3.8, 4) is 5.75 Å². The number of carbonyl (C=O) groups excluding carboxylic acids is 1. The van der Waals surface area contributed by atoms with Gasteiger partial charge in [0.25, 0.3) is 0 Å². The van der Waals surface area contributed by atoms with Crippen LogP contribution in [-0.4, -0.2) is 51.7 Å². The first-order valence-corrected chi connectivity index (χ1v) is 7.74. The lowest BCUT2D eigenvalue weighted by Crippen LogP contribution is -2.63. The smallest absolute Gasteiger partial charge is 0.409 e. The van der Waals surface area contributed by atoms with Gasteiger partial charge in [-0.05, 0) is 37.5 Å². The van der Waals surface area contributed by atoms with E-state index in [1.54, 1.807) is 24.3 Å². The van der Waals surface area contributed by atoms with E-state index in [1.165, 1.54) is 6.92 Å². The molecule has 1 saturated heterocycles. The van der Waals surface area contributed by atoms with Crippen LogP contribution < -0.4 is 10.5 Å². The third-order valence-electron chi connectivity index (χ3n) is 3.89. The number of oxime groups is 1. The summed E-state index contributed by atoms with van der Waals surface area (Å²) in [5.41, 5.74) is 5.69. The molecule has 9 heteroatoms. The highest BCUT2D eigenvalue weighted by molar-refractivity contribution is 5.95. The minimum atomic E-state index is -1.33. The van der Waals surface area contributed by atoms with Crippen LogP contribution in [0.15, 0.2) is 29.4 Å². The van der Waals surface area contributed by atoms with Crippen LogP contribution in [0.5, 0.6) is 5.75 Å². The number of piperidine rings is 1. The monoisotopic (exact) mass is 351 g/mol. The van der Waals surface area contributed by atoms with E-state index < -0.39 is 17.7 Å². The Kier molecular flexibility index (Phi) is 5.94. The Bertz CT molecular complexity index is 656. The van der Waals surface area contributed by atoms with Gasteiger partial charge in [0.05, 0.1) is 12.3 Å². The molecule has 1 aliphatic rings. The third-order valence-corrected chi connectivity index (χ3v) is 3.89. The number of nitrogens with zero attached hydrogens (tertiary/aromatic N) is 2. The number of benzene rings is 1. The summed E-state index contributed by atoms with van der Waals surface area (Å²) < 4.78 is 5.26. The number of likely N-dealkylation sites (tertiary alicyclic amines) is 1. The average Bonchev–Trinajstić information content (AvgIpc) is 2.58. The van der Waals surface area contributed by atoms with Gasteiger partial charge in [0, 0.05) is 6.54 Å². The van der Waals surface area contributed by atoms with Gasteiger partial charge in [-0.2, -0.15) is 0 Å². The summed E-state index contributed by atoms with van der Waals surface area (Å²) in [5, 5.41) is 21.9. The summed E-state index contributed by atoms with van der Waals surface area (Å²) in [5.74, 6) is -0.290. The molecule has 136 valence electrons. The van der Waals surface area contributed by atoms with Gasteiger partial charge >= 0.3 is 12.1 Å². The van der Waals surface area contributed by atoms with Crippen molar-refractivity contribution in [1.82, 2.24) is 4.90 Å². The van der Waals surface area contributed by atoms with Crippen LogP contribution in [0.1, 0.15) is 25.3 Å². The van der Waals surface area contributed by atoms with Crippen molar-refractivity contribution < 1.29 is 29.4 Å². The van der Waals surface area contributed by atoms with Gasteiger partial charge in [-0.25, -0.2) is 9.59 Å². The number of carboxylic acid groups (broad SMARTS) is 1. The number of hydrogen-bond donors (Lipinski definition) is 3. The summed E-state index contributed by atoms with van der Waals surface area (Å²) in [6.45, 7) is 1.36. The Labute approximate surface area is 144 Å². The van der Waals surface area contributed by atoms with E-state index >= 15 is 0 Å². The van der Waals surface area contributed by atoms with Crippen molar-refractivity contribution in [3.63, 3.8) is 0 Å². The standard InChI is InChI=1S/C16H21N3O6/c1-16(17)13(3-2-8-19(16)15(22)23)18-25-14(21)10-24-12-6-4-11(9-20)5-7-12/h4-7,20H,2-3,8-10,17H2,1H3,(H,22,23)/b18-13-/t16-/m0/s1. The zero-order chi connectivity index (χ0) is 18.4. The second kappa shape index (κ2) is 7.95. The Morgan fingerprint density at radius 1 is 1.36 bits per heavy atom. The number of ether oxygens (including phenoxy) is 1. The van der Waals surface area contributed by atoms with Crippen LogP contribution in [0, 0.1) is 0 Å². The second-order valence-corrected chi connectivity index (χ2v) is 5.78. The molecule has 0 aromatic heterocycles. The van der Waals surface area contributed by atoms with E-state index in [2.05, 4.69) is 5.16 Å². The molecule has 1 aromatic rings. The first kappa shape index (κ1) is 18.7. The minimum Gasteiger partial charge on any atom is -0.482 e. The molecule has 1 aliphatic heterocycles. The molecule has 1 amide bonds. The molecule has 9 nitrogen and oxygen atoms in total. The maximum atomic E-state index is 11.7. The van der Waals surface area contributed by atoms with Gasteiger partial charge in [0.2, 0.25) is 0 Å². The van der Waals surface area contributed by atoms with Crippen molar-refractivity contribution in [2.24, 2.45) is 10.9 Å². The SMILES string of the molecule is C[C@@]1(N)/C(=N\OC(=O)COc2ccc(CO)cc2)CCCN1C(=O)O. The first-order valence-electron chi connectivity index (χ1n) is 7.74. The summed E-state index contributed by atoms with van der Waals surface area (Å²) in [6, 6.07) is 6.58. The van der Waals surface area contributed by atoms with Crippen molar-refractivity contribution >= 4 is 17.8 Å². The highest BCUT2D eigenvalue weighted by Gasteiger charge is 2.40. The van der Waals surface area contributed by atoms with Crippen LogP contribution in [0.2, 0.25) is 0 Å². The number of amides is 1. The molecule has 2 rings (SSSR count). The number of rotatable bonds is 5. The van der Waals surface area contributed by atoms with Gasteiger partial charge < -0.3 is 25.5 Å². The zero-order valence-corrected chi connectivity index (χ0v) is 13.8. The van der Waals surface area contributed by atoms with Gasteiger partial charge in [-0.1, -0.05) is 17.3 Å². The normalized spacial score (nSPS) is 21.9. The minimum absolute atomic E-state index is 0.0783. The van der Waals surface area contributed by atoms with E-state index in [9.17, 15) is 9.59 Å². The number of carbonyl (C=O) groups is 2. The van der Waals surface area contributed by atoms with Crippen LogP contribution in [0.25, 0.3) is 0 Å². The fourth-order valence-corrected chi connectivity index (χ4v) is 2.44. The number of hydrogen-bond acceptors (Lipinski definition) is 7. The van der Waals surface area contributed by atoms with Crippen molar-refractivity contribution in [2.45, 2.75) is 32.0 Å². The molecular formula is C16H21N3O6. The summed E-state index contributed by atoms with van der Waals surface area (Å²) in [6.07, 6.45) is -0.171. The highest BCUT2D eigenvalue weighted by Crippen LogP contribution is 2.21. The molecular weight excluding hydrogens is 330 g/mol. The topological polar surface area (TPSA) is 135 Å². The number of aliphatic hydroxyl groups is 1.